The van der Waals surface area contributed by atoms with Crippen molar-refractivity contribution in [1.82, 2.24) is 20.3 Å². The summed E-state index contributed by atoms with van der Waals surface area (Å²) in [5.41, 5.74) is 1.22. The SMILES string of the molecule is CC(NC(=O)c1ccc2ccccc2n1)c1ncc[nH]1. The Morgan fingerprint density at radius 2 is 2.10 bits per heavy atom. The Kier molecular flexibility index (Phi) is 3.16. The summed E-state index contributed by atoms with van der Waals surface area (Å²) in [7, 11) is 0. The molecular weight excluding hydrogens is 252 g/mol. The average molecular weight is 266 g/mol. The third kappa shape index (κ3) is 2.38. The Hall–Kier alpha value is -2.69. The molecule has 1 unspecified atom stereocenters. The third-order valence-corrected chi connectivity index (χ3v) is 3.11. The minimum atomic E-state index is -0.209. The number of nitrogens with zero attached hydrogens (tertiary/aromatic N) is 2. The lowest BCUT2D eigenvalue weighted by molar-refractivity contribution is 0.0933. The fourth-order valence-electron chi connectivity index (χ4n) is 2.05. The summed E-state index contributed by atoms with van der Waals surface area (Å²) in [6.45, 7) is 1.87. The number of rotatable bonds is 3. The standard InChI is InChI=1S/C15H14N4O/c1-10(14-16-8-9-17-14)18-15(20)13-7-6-11-4-2-3-5-12(11)19-13/h2-10H,1H3,(H,16,17)(H,18,20). The number of hydrogen-bond donors (Lipinski definition) is 2. The van der Waals surface area contributed by atoms with Crippen molar-refractivity contribution in [3.05, 3.63) is 60.3 Å². The molecule has 1 atom stereocenters. The van der Waals surface area contributed by atoms with E-state index in [0.717, 1.165) is 16.7 Å². The summed E-state index contributed by atoms with van der Waals surface area (Å²) in [5, 5.41) is 3.88. The maximum absolute atomic E-state index is 12.2. The van der Waals surface area contributed by atoms with Gasteiger partial charge in [-0.05, 0) is 19.1 Å². The van der Waals surface area contributed by atoms with Crippen LogP contribution in [0.3, 0.4) is 0 Å². The number of fused-ring (bicyclic) bond motifs is 1. The zero-order valence-electron chi connectivity index (χ0n) is 11.0. The molecule has 0 saturated heterocycles. The molecule has 0 aliphatic rings. The summed E-state index contributed by atoms with van der Waals surface area (Å²) < 4.78 is 0. The lowest BCUT2D eigenvalue weighted by Crippen LogP contribution is -2.28. The van der Waals surface area contributed by atoms with Crippen LogP contribution in [0.25, 0.3) is 10.9 Å². The van der Waals surface area contributed by atoms with Crippen LogP contribution in [-0.4, -0.2) is 20.9 Å². The number of para-hydroxylation sites is 1. The first-order valence-corrected chi connectivity index (χ1v) is 6.40. The quantitative estimate of drug-likeness (QED) is 0.765. The number of amides is 1. The number of carbonyl (C=O) groups is 1. The molecule has 5 nitrogen and oxygen atoms in total. The van der Waals surface area contributed by atoms with E-state index >= 15 is 0 Å². The molecule has 0 radical (unpaired) electrons. The van der Waals surface area contributed by atoms with Crippen molar-refractivity contribution >= 4 is 16.8 Å². The monoisotopic (exact) mass is 266 g/mol. The van der Waals surface area contributed by atoms with Crippen molar-refractivity contribution in [2.75, 3.05) is 0 Å². The van der Waals surface area contributed by atoms with Gasteiger partial charge in [-0.3, -0.25) is 4.79 Å². The molecule has 0 fully saturated rings. The largest absolute Gasteiger partial charge is 0.347 e. The Morgan fingerprint density at radius 3 is 2.90 bits per heavy atom. The predicted octanol–water partition coefficient (Wildman–Crippen LogP) is 2.45. The van der Waals surface area contributed by atoms with E-state index in [-0.39, 0.29) is 11.9 Å². The fraction of sp³-hybridized carbons (Fsp3) is 0.133. The van der Waals surface area contributed by atoms with E-state index in [4.69, 9.17) is 0 Å². The molecule has 20 heavy (non-hydrogen) atoms. The molecule has 1 aromatic carbocycles. The highest BCUT2D eigenvalue weighted by Gasteiger charge is 2.14. The molecule has 0 aliphatic heterocycles. The molecule has 2 N–H and O–H groups in total. The normalized spacial score (nSPS) is 12.2. The van der Waals surface area contributed by atoms with Crippen molar-refractivity contribution in [3.8, 4) is 0 Å². The summed E-state index contributed by atoms with van der Waals surface area (Å²) in [4.78, 5) is 23.6. The highest BCUT2D eigenvalue weighted by molar-refractivity contribution is 5.95. The van der Waals surface area contributed by atoms with E-state index in [2.05, 4.69) is 20.3 Å². The predicted molar refractivity (Wildman–Crippen MR) is 76.2 cm³/mol. The van der Waals surface area contributed by atoms with Gasteiger partial charge in [-0.2, -0.15) is 0 Å². The van der Waals surface area contributed by atoms with Crippen molar-refractivity contribution in [1.29, 1.82) is 0 Å². The topological polar surface area (TPSA) is 70.7 Å². The molecule has 0 aliphatic carbocycles. The Bertz CT molecular complexity index is 736. The molecule has 2 heterocycles. The first-order valence-electron chi connectivity index (χ1n) is 6.40. The molecular formula is C15H14N4O. The first-order chi connectivity index (χ1) is 9.74. The lowest BCUT2D eigenvalue weighted by atomic mass is 10.2. The summed E-state index contributed by atoms with van der Waals surface area (Å²) >= 11 is 0. The number of pyridine rings is 1. The van der Waals surface area contributed by atoms with Crippen LogP contribution in [-0.2, 0) is 0 Å². The zero-order valence-corrected chi connectivity index (χ0v) is 11.0. The molecule has 3 aromatic rings. The fourth-order valence-corrected chi connectivity index (χ4v) is 2.05. The molecule has 0 bridgehead atoms. The second-order valence-corrected chi connectivity index (χ2v) is 4.56. The van der Waals surface area contributed by atoms with Crippen molar-refractivity contribution in [3.63, 3.8) is 0 Å². The van der Waals surface area contributed by atoms with Gasteiger partial charge >= 0.3 is 0 Å². The smallest absolute Gasteiger partial charge is 0.270 e. The van der Waals surface area contributed by atoms with Gasteiger partial charge < -0.3 is 10.3 Å². The number of imidazole rings is 1. The van der Waals surface area contributed by atoms with Crippen LogP contribution in [0.1, 0.15) is 29.3 Å². The number of aromatic amines is 1. The minimum absolute atomic E-state index is 0.189. The van der Waals surface area contributed by atoms with Crippen LogP contribution in [0.5, 0.6) is 0 Å². The second-order valence-electron chi connectivity index (χ2n) is 4.56. The minimum Gasteiger partial charge on any atom is -0.347 e. The van der Waals surface area contributed by atoms with E-state index < -0.39 is 0 Å². The van der Waals surface area contributed by atoms with Crippen molar-refractivity contribution in [2.24, 2.45) is 0 Å². The van der Waals surface area contributed by atoms with Gasteiger partial charge in [0.1, 0.15) is 11.5 Å². The van der Waals surface area contributed by atoms with Gasteiger partial charge in [0.05, 0.1) is 11.6 Å². The number of H-pyrrole nitrogens is 1. The number of hydrogen-bond acceptors (Lipinski definition) is 3. The summed E-state index contributed by atoms with van der Waals surface area (Å²) in [6, 6.07) is 11.1. The van der Waals surface area contributed by atoms with Gasteiger partial charge in [-0.15, -0.1) is 0 Å². The number of benzene rings is 1. The maximum atomic E-state index is 12.2. The van der Waals surface area contributed by atoms with Crippen LogP contribution in [0.4, 0.5) is 0 Å². The lowest BCUT2D eigenvalue weighted by Gasteiger charge is -2.11. The first kappa shape index (κ1) is 12.3. The van der Waals surface area contributed by atoms with Crippen LogP contribution < -0.4 is 5.32 Å². The molecule has 3 rings (SSSR count). The van der Waals surface area contributed by atoms with E-state index in [1.807, 2.05) is 37.3 Å². The second kappa shape index (κ2) is 5.13. The Balaban J connectivity index is 1.82. The van der Waals surface area contributed by atoms with Crippen LogP contribution in [0, 0.1) is 0 Å². The maximum Gasteiger partial charge on any atom is 0.270 e. The Morgan fingerprint density at radius 1 is 1.25 bits per heavy atom. The van der Waals surface area contributed by atoms with Gasteiger partial charge in [0.15, 0.2) is 0 Å². The molecule has 5 heteroatoms. The van der Waals surface area contributed by atoms with Crippen molar-refractivity contribution in [2.45, 2.75) is 13.0 Å². The molecule has 2 aromatic heterocycles. The van der Waals surface area contributed by atoms with Gasteiger partial charge in [0.2, 0.25) is 0 Å². The molecule has 100 valence electrons. The average Bonchev–Trinajstić information content (AvgIpc) is 3.01. The van der Waals surface area contributed by atoms with Crippen LogP contribution in [0.2, 0.25) is 0 Å². The van der Waals surface area contributed by atoms with Gasteiger partial charge in [0, 0.05) is 17.8 Å². The van der Waals surface area contributed by atoms with Crippen molar-refractivity contribution < 1.29 is 4.79 Å². The van der Waals surface area contributed by atoms with E-state index in [1.54, 1.807) is 18.5 Å². The summed E-state index contributed by atoms with van der Waals surface area (Å²) in [6.07, 6.45) is 3.39. The zero-order chi connectivity index (χ0) is 13.9. The van der Waals surface area contributed by atoms with Gasteiger partial charge in [-0.1, -0.05) is 24.3 Å². The summed E-state index contributed by atoms with van der Waals surface area (Å²) in [5.74, 6) is 0.513. The molecule has 0 spiro atoms. The Labute approximate surface area is 116 Å². The van der Waals surface area contributed by atoms with E-state index in [1.165, 1.54) is 0 Å². The third-order valence-electron chi connectivity index (χ3n) is 3.11. The van der Waals surface area contributed by atoms with Crippen LogP contribution >= 0.6 is 0 Å². The highest BCUT2D eigenvalue weighted by atomic mass is 16.1. The molecule has 0 saturated carbocycles. The number of nitrogens with one attached hydrogen (secondary N) is 2. The molecule has 1 amide bonds. The van der Waals surface area contributed by atoms with Gasteiger partial charge in [-0.25, -0.2) is 9.97 Å². The van der Waals surface area contributed by atoms with E-state index in [9.17, 15) is 4.79 Å². The highest BCUT2D eigenvalue weighted by Crippen LogP contribution is 2.13. The van der Waals surface area contributed by atoms with E-state index in [0.29, 0.717) is 5.69 Å². The number of aromatic nitrogens is 3. The number of carbonyl (C=O) groups excluding carboxylic acids is 1. The van der Waals surface area contributed by atoms with Gasteiger partial charge in [0.25, 0.3) is 5.91 Å². The van der Waals surface area contributed by atoms with Crippen LogP contribution in [0.15, 0.2) is 48.8 Å².